The van der Waals surface area contributed by atoms with Crippen LogP contribution in [-0.4, -0.2) is 58.2 Å². The van der Waals surface area contributed by atoms with Crippen LogP contribution in [0.2, 0.25) is 0 Å². The molecule has 24 heavy (non-hydrogen) atoms. The highest BCUT2D eigenvalue weighted by Crippen LogP contribution is 2.37. The average molecular weight is 341 g/mol. The molecule has 2 atom stereocenters. The van der Waals surface area contributed by atoms with Crippen LogP contribution >= 0.6 is 0 Å². The van der Waals surface area contributed by atoms with E-state index in [0.717, 1.165) is 6.42 Å². The van der Waals surface area contributed by atoms with Gasteiger partial charge in [-0.3, -0.25) is 10.1 Å². The molecule has 0 aliphatic carbocycles. The Hall–Kier alpha value is -2.36. The topological polar surface area (TPSA) is 123 Å². The lowest BCUT2D eigenvalue weighted by Crippen LogP contribution is -2.58. The number of rotatable bonds is 6. The molecule has 0 saturated carbocycles. The lowest BCUT2D eigenvalue weighted by molar-refractivity contribution is -0.384. The summed E-state index contributed by atoms with van der Waals surface area (Å²) in [6, 6.07) is 0. The number of nitro groups is 1. The number of anilines is 1. The summed E-state index contributed by atoms with van der Waals surface area (Å²) >= 11 is 0. The Morgan fingerprint density at radius 2 is 2.38 bits per heavy atom. The molecule has 0 spiro atoms. The Bertz CT molecular complexity index is 619. The largest absolute Gasteiger partial charge is 0.465 e. The number of methoxy groups -OCH3 is 1. The van der Waals surface area contributed by atoms with E-state index in [1.807, 2.05) is 11.8 Å². The zero-order chi connectivity index (χ0) is 17.9. The van der Waals surface area contributed by atoms with E-state index in [1.165, 1.54) is 10.9 Å². The van der Waals surface area contributed by atoms with Gasteiger partial charge in [0.1, 0.15) is 6.20 Å². The minimum Gasteiger partial charge on any atom is -0.465 e. The van der Waals surface area contributed by atoms with Crippen LogP contribution in [0, 0.1) is 16.0 Å². The molecule has 0 bridgehead atoms. The van der Waals surface area contributed by atoms with Gasteiger partial charge in [0.05, 0.1) is 17.1 Å². The van der Waals surface area contributed by atoms with E-state index in [-0.39, 0.29) is 18.2 Å². The first-order valence-electron chi connectivity index (χ1n) is 7.78. The van der Waals surface area contributed by atoms with E-state index in [1.54, 1.807) is 14.2 Å². The second kappa shape index (κ2) is 7.04. The predicted octanol–water partition coefficient (Wildman–Crippen LogP) is 1.22. The summed E-state index contributed by atoms with van der Waals surface area (Å²) in [5.74, 6) is 0.493. The van der Waals surface area contributed by atoms with Crippen LogP contribution in [0.3, 0.4) is 0 Å². The minimum atomic E-state index is -1.09. The maximum Gasteiger partial charge on any atom is 0.404 e. The molecule has 1 aromatic heterocycles. The molecule has 1 aliphatic heterocycles. The van der Waals surface area contributed by atoms with Crippen molar-refractivity contribution in [2.24, 2.45) is 13.0 Å². The fourth-order valence-corrected chi connectivity index (χ4v) is 3.46. The van der Waals surface area contributed by atoms with Crippen LogP contribution in [0.5, 0.6) is 0 Å². The van der Waals surface area contributed by atoms with Gasteiger partial charge < -0.3 is 20.1 Å². The number of carboxylic acid groups (broad SMARTS) is 1. The summed E-state index contributed by atoms with van der Waals surface area (Å²) in [5.41, 5.74) is -0.641. The number of piperidine rings is 1. The number of aryl methyl sites for hydroxylation is 1. The molecule has 1 fully saturated rings. The molecule has 0 radical (unpaired) electrons. The number of hydrogen-bond acceptors (Lipinski definition) is 6. The van der Waals surface area contributed by atoms with E-state index in [9.17, 15) is 14.9 Å². The Balaban J connectivity index is 2.25. The van der Waals surface area contributed by atoms with Crippen molar-refractivity contribution in [1.29, 1.82) is 0 Å². The van der Waals surface area contributed by atoms with Gasteiger partial charge in [-0.1, -0.05) is 6.92 Å². The van der Waals surface area contributed by atoms with Gasteiger partial charge in [0.25, 0.3) is 0 Å². The summed E-state index contributed by atoms with van der Waals surface area (Å²) in [6.45, 7) is 3.25. The Labute approximate surface area is 139 Å². The molecule has 2 rings (SSSR count). The molecule has 1 aliphatic rings. The van der Waals surface area contributed by atoms with Crippen molar-refractivity contribution < 1.29 is 19.6 Å². The highest BCUT2D eigenvalue weighted by Gasteiger charge is 2.44. The van der Waals surface area contributed by atoms with Crippen molar-refractivity contribution in [3.8, 4) is 0 Å². The van der Waals surface area contributed by atoms with Crippen molar-refractivity contribution in [3.05, 3.63) is 16.3 Å². The fourth-order valence-electron chi connectivity index (χ4n) is 3.46. The number of ether oxygens (including phenoxy) is 1. The first-order chi connectivity index (χ1) is 11.3. The maximum absolute atomic E-state index is 11.2. The van der Waals surface area contributed by atoms with Crippen LogP contribution in [0.1, 0.15) is 19.8 Å². The highest BCUT2D eigenvalue weighted by atomic mass is 16.6. The normalized spacial score (nSPS) is 24.0. The van der Waals surface area contributed by atoms with Gasteiger partial charge in [0, 0.05) is 33.2 Å². The second-order valence-corrected chi connectivity index (χ2v) is 5.96. The van der Waals surface area contributed by atoms with Gasteiger partial charge in [0.15, 0.2) is 0 Å². The lowest BCUT2D eigenvalue weighted by atomic mass is 9.79. The molecular weight excluding hydrogens is 318 g/mol. The van der Waals surface area contributed by atoms with E-state index >= 15 is 0 Å². The monoisotopic (exact) mass is 341 g/mol. The number of nitrogens with one attached hydrogen (secondary N) is 1. The molecular formula is C14H23N5O5. The molecule has 2 N–H and O–H groups in total. The van der Waals surface area contributed by atoms with Gasteiger partial charge in [-0.25, -0.2) is 9.48 Å². The number of carbonyl (C=O) groups is 1. The molecule has 134 valence electrons. The minimum absolute atomic E-state index is 0.0256. The van der Waals surface area contributed by atoms with Crippen molar-refractivity contribution >= 4 is 17.6 Å². The van der Waals surface area contributed by atoms with Crippen LogP contribution in [0.15, 0.2) is 6.20 Å². The van der Waals surface area contributed by atoms with E-state index in [0.29, 0.717) is 25.3 Å². The van der Waals surface area contributed by atoms with Gasteiger partial charge >= 0.3 is 11.8 Å². The van der Waals surface area contributed by atoms with Crippen LogP contribution in [-0.2, 0) is 11.8 Å². The van der Waals surface area contributed by atoms with E-state index in [4.69, 9.17) is 9.84 Å². The lowest BCUT2D eigenvalue weighted by Gasteiger charge is -2.47. The van der Waals surface area contributed by atoms with Crippen molar-refractivity contribution in [2.45, 2.75) is 25.4 Å². The zero-order valence-corrected chi connectivity index (χ0v) is 14.1. The summed E-state index contributed by atoms with van der Waals surface area (Å²) in [6.07, 6.45) is 1.48. The van der Waals surface area contributed by atoms with Crippen molar-refractivity contribution in [3.63, 3.8) is 0 Å². The second-order valence-electron chi connectivity index (χ2n) is 5.96. The van der Waals surface area contributed by atoms with Gasteiger partial charge in [-0.05, 0) is 12.8 Å². The summed E-state index contributed by atoms with van der Waals surface area (Å²) in [5, 5.41) is 26.5. The van der Waals surface area contributed by atoms with E-state index < -0.39 is 16.6 Å². The Kier molecular flexibility index (Phi) is 5.27. The molecule has 1 amide bonds. The average Bonchev–Trinajstić information content (AvgIpc) is 2.94. The van der Waals surface area contributed by atoms with Crippen molar-refractivity contribution in [1.82, 2.24) is 15.1 Å². The molecule has 10 heteroatoms. The SMILES string of the molecule is CCC1CN(c2c([N+](=O)[O-])cnn2C)CCC1(CNC(=O)O)OC. The van der Waals surface area contributed by atoms with Gasteiger partial charge in [-0.15, -0.1) is 0 Å². The smallest absolute Gasteiger partial charge is 0.404 e. The first kappa shape index (κ1) is 18.0. The number of hydrogen-bond donors (Lipinski definition) is 2. The summed E-state index contributed by atoms with van der Waals surface area (Å²) < 4.78 is 7.20. The predicted molar refractivity (Wildman–Crippen MR) is 86.2 cm³/mol. The first-order valence-corrected chi connectivity index (χ1v) is 7.78. The third-order valence-corrected chi connectivity index (χ3v) is 4.81. The fraction of sp³-hybridized carbons (Fsp3) is 0.714. The van der Waals surface area contributed by atoms with Gasteiger partial charge in [-0.2, -0.15) is 5.10 Å². The number of nitrogens with zero attached hydrogens (tertiary/aromatic N) is 4. The molecule has 2 heterocycles. The van der Waals surface area contributed by atoms with Gasteiger partial charge in [0.2, 0.25) is 5.82 Å². The zero-order valence-electron chi connectivity index (χ0n) is 14.1. The van der Waals surface area contributed by atoms with Crippen LogP contribution < -0.4 is 10.2 Å². The summed E-state index contributed by atoms with van der Waals surface area (Å²) in [4.78, 5) is 23.6. The van der Waals surface area contributed by atoms with Crippen LogP contribution in [0.25, 0.3) is 0 Å². The molecule has 10 nitrogen and oxygen atoms in total. The number of amides is 1. The van der Waals surface area contributed by atoms with Crippen LogP contribution in [0.4, 0.5) is 16.3 Å². The maximum atomic E-state index is 11.2. The number of aromatic nitrogens is 2. The molecule has 1 saturated heterocycles. The Morgan fingerprint density at radius 1 is 1.67 bits per heavy atom. The highest BCUT2D eigenvalue weighted by molar-refractivity contribution is 5.64. The quantitative estimate of drug-likeness (QED) is 0.589. The third-order valence-electron chi connectivity index (χ3n) is 4.81. The Morgan fingerprint density at radius 3 is 2.92 bits per heavy atom. The molecule has 2 unspecified atom stereocenters. The standard InChI is InChI=1S/C14H23N5O5/c1-4-10-8-18(12-11(19(22)23)7-16-17(12)2)6-5-14(10,24-3)9-15-13(20)21/h7,10,15H,4-6,8-9H2,1-3H3,(H,20,21). The third kappa shape index (κ3) is 3.28. The summed E-state index contributed by atoms with van der Waals surface area (Å²) in [7, 11) is 3.25. The van der Waals surface area contributed by atoms with Crippen molar-refractivity contribution in [2.75, 3.05) is 31.6 Å². The van der Waals surface area contributed by atoms with E-state index in [2.05, 4.69) is 10.4 Å². The molecule has 0 aromatic carbocycles. The molecule has 1 aromatic rings.